The van der Waals surface area contributed by atoms with E-state index >= 15 is 0 Å². The Bertz CT molecular complexity index is 999. The van der Waals surface area contributed by atoms with Crippen molar-refractivity contribution in [3.63, 3.8) is 0 Å². The minimum atomic E-state index is -0.829. The molecule has 2 aromatic carbocycles. The number of rotatable bonds is 9. The van der Waals surface area contributed by atoms with Crippen LogP contribution in [0.3, 0.4) is 0 Å². The predicted molar refractivity (Wildman–Crippen MR) is 112 cm³/mol. The van der Waals surface area contributed by atoms with Gasteiger partial charge in [0.15, 0.2) is 11.9 Å². The number of aromatic nitrogens is 3. The summed E-state index contributed by atoms with van der Waals surface area (Å²) in [6, 6.07) is 15.8. The molecule has 6 heteroatoms. The van der Waals surface area contributed by atoms with Gasteiger partial charge in [-0.15, -0.1) is 0 Å². The third-order valence-corrected chi connectivity index (χ3v) is 4.65. The highest BCUT2D eigenvalue weighted by Gasteiger charge is 2.17. The maximum atomic E-state index is 12.1. The van der Waals surface area contributed by atoms with E-state index in [4.69, 9.17) is 4.74 Å². The van der Waals surface area contributed by atoms with Crippen molar-refractivity contribution in [3.8, 4) is 5.75 Å². The van der Waals surface area contributed by atoms with Gasteiger partial charge in [0.1, 0.15) is 11.6 Å². The van der Waals surface area contributed by atoms with Crippen molar-refractivity contribution in [3.05, 3.63) is 81.5 Å². The number of nitrogens with one attached hydrogen (secondary N) is 1. The average molecular weight is 393 g/mol. The summed E-state index contributed by atoms with van der Waals surface area (Å²) in [5.41, 5.74) is 2.40. The van der Waals surface area contributed by atoms with Gasteiger partial charge in [0.05, 0.1) is 6.54 Å². The summed E-state index contributed by atoms with van der Waals surface area (Å²) in [6.45, 7) is 5.96. The van der Waals surface area contributed by atoms with Gasteiger partial charge in [-0.05, 0) is 56.9 Å². The van der Waals surface area contributed by atoms with E-state index in [1.807, 2.05) is 55.5 Å². The van der Waals surface area contributed by atoms with Crippen LogP contribution in [0.4, 0.5) is 0 Å². The van der Waals surface area contributed by atoms with Gasteiger partial charge in [0, 0.05) is 6.42 Å². The maximum Gasteiger partial charge on any atom is 0.343 e. The molecule has 0 aliphatic rings. The number of nitrogens with zero attached hydrogens (tertiary/aromatic N) is 2. The van der Waals surface area contributed by atoms with Gasteiger partial charge < -0.3 is 4.74 Å². The normalized spacial score (nSPS) is 11.4. The Morgan fingerprint density at radius 1 is 1.03 bits per heavy atom. The van der Waals surface area contributed by atoms with E-state index < -0.39 is 5.60 Å². The van der Waals surface area contributed by atoms with Crippen LogP contribution in [0, 0.1) is 6.92 Å². The average Bonchev–Trinajstić information content (AvgIpc) is 3.04. The Kier molecular flexibility index (Phi) is 6.32. The van der Waals surface area contributed by atoms with Crippen LogP contribution >= 0.6 is 0 Å². The van der Waals surface area contributed by atoms with Crippen molar-refractivity contribution in [1.82, 2.24) is 14.8 Å². The molecule has 3 aromatic rings. The molecule has 6 nitrogen and oxygen atoms in total. The lowest BCUT2D eigenvalue weighted by Crippen LogP contribution is -2.29. The molecule has 0 aliphatic heterocycles. The number of aldehydes is 1. The first-order chi connectivity index (χ1) is 13.8. The van der Waals surface area contributed by atoms with Crippen LogP contribution in [0.2, 0.25) is 0 Å². The third kappa shape index (κ3) is 5.91. The minimum absolute atomic E-state index is 0.181. The number of aryl methyl sites for hydroxylation is 3. The van der Waals surface area contributed by atoms with Crippen LogP contribution < -0.4 is 10.4 Å². The lowest BCUT2D eigenvalue weighted by Gasteiger charge is -2.19. The first kappa shape index (κ1) is 20.6. The summed E-state index contributed by atoms with van der Waals surface area (Å²) < 4.78 is 7.10. The van der Waals surface area contributed by atoms with Gasteiger partial charge in [-0.1, -0.05) is 42.0 Å². The fourth-order valence-electron chi connectivity index (χ4n) is 3.00. The van der Waals surface area contributed by atoms with Crippen LogP contribution in [-0.4, -0.2) is 26.7 Å². The van der Waals surface area contributed by atoms with E-state index in [0.29, 0.717) is 24.5 Å². The van der Waals surface area contributed by atoms with Crippen LogP contribution in [0.15, 0.2) is 53.3 Å². The molecule has 0 saturated heterocycles. The molecule has 0 saturated carbocycles. The summed E-state index contributed by atoms with van der Waals surface area (Å²) in [4.78, 5) is 25.9. The second kappa shape index (κ2) is 8.90. The summed E-state index contributed by atoms with van der Waals surface area (Å²) in [5, 5.41) is 4.42. The largest absolute Gasteiger partial charge is 0.480 e. The number of H-pyrrole nitrogens is 1. The number of hydrogen-bond acceptors (Lipinski definition) is 4. The molecule has 0 amide bonds. The van der Waals surface area contributed by atoms with E-state index in [1.54, 1.807) is 13.8 Å². The monoisotopic (exact) mass is 393 g/mol. The summed E-state index contributed by atoms with van der Waals surface area (Å²) in [7, 11) is 0. The molecule has 29 heavy (non-hydrogen) atoms. The quantitative estimate of drug-likeness (QED) is 0.565. The van der Waals surface area contributed by atoms with Crippen molar-refractivity contribution < 1.29 is 9.53 Å². The molecule has 3 rings (SSSR count). The molecule has 0 fully saturated rings. The highest BCUT2D eigenvalue weighted by Crippen LogP contribution is 2.18. The van der Waals surface area contributed by atoms with Crippen molar-refractivity contribution in [2.75, 3.05) is 0 Å². The number of hydrogen-bond donors (Lipinski definition) is 1. The lowest BCUT2D eigenvalue weighted by molar-refractivity contribution is -0.118. The molecule has 1 N–H and O–H groups in total. The zero-order valence-electron chi connectivity index (χ0n) is 17.1. The van der Waals surface area contributed by atoms with Crippen molar-refractivity contribution in [2.45, 2.75) is 52.2 Å². The zero-order chi connectivity index (χ0) is 20.9. The smallest absolute Gasteiger partial charge is 0.343 e. The predicted octanol–water partition coefficient (Wildman–Crippen LogP) is 3.46. The topological polar surface area (TPSA) is 77.0 Å². The minimum Gasteiger partial charge on any atom is -0.480 e. The van der Waals surface area contributed by atoms with Crippen molar-refractivity contribution >= 4 is 6.29 Å². The Morgan fingerprint density at radius 2 is 1.69 bits per heavy atom. The Balaban J connectivity index is 1.52. The molecule has 0 aliphatic carbocycles. The van der Waals surface area contributed by atoms with Crippen molar-refractivity contribution in [2.24, 2.45) is 0 Å². The Labute approximate surface area is 170 Å². The molecule has 152 valence electrons. The lowest BCUT2D eigenvalue weighted by atomic mass is 10.1. The van der Waals surface area contributed by atoms with Crippen molar-refractivity contribution in [1.29, 1.82) is 0 Å². The van der Waals surface area contributed by atoms with Gasteiger partial charge in [-0.2, -0.15) is 5.10 Å². The molecule has 1 aromatic heterocycles. The molecule has 0 bridgehead atoms. The summed E-state index contributed by atoms with van der Waals surface area (Å²) >= 11 is 0. The van der Waals surface area contributed by atoms with E-state index in [2.05, 4.69) is 10.1 Å². The molecule has 0 atom stereocenters. The molecular weight excluding hydrogens is 366 g/mol. The van der Waals surface area contributed by atoms with E-state index in [0.717, 1.165) is 24.7 Å². The molecule has 0 unspecified atom stereocenters. The first-order valence-corrected chi connectivity index (χ1v) is 9.80. The molecular formula is C23H27N3O3. The molecule has 0 spiro atoms. The van der Waals surface area contributed by atoms with Gasteiger partial charge in [-0.3, -0.25) is 9.78 Å². The number of carbonyl (C=O) groups excluding carboxylic acids is 1. The highest BCUT2D eigenvalue weighted by molar-refractivity contribution is 5.61. The van der Waals surface area contributed by atoms with Crippen LogP contribution in [0.5, 0.6) is 5.75 Å². The maximum absolute atomic E-state index is 12.1. The summed E-state index contributed by atoms with van der Waals surface area (Å²) in [5.74, 6) is 1.37. The first-order valence-electron chi connectivity index (χ1n) is 9.80. The summed E-state index contributed by atoms with van der Waals surface area (Å²) in [6.07, 6.45) is 3.23. The fourth-order valence-corrected chi connectivity index (χ4v) is 3.00. The molecule has 1 heterocycles. The highest BCUT2D eigenvalue weighted by atomic mass is 16.5. The molecule has 0 radical (unpaired) electrons. The van der Waals surface area contributed by atoms with Gasteiger partial charge in [0.2, 0.25) is 0 Å². The second-order valence-electron chi connectivity index (χ2n) is 7.84. The Morgan fingerprint density at radius 3 is 2.34 bits per heavy atom. The number of ether oxygens (including phenoxy) is 1. The number of carbonyl (C=O) groups is 1. The zero-order valence-corrected chi connectivity index (χ0v) is 17.1. The van der Waals surface area contributed by atoms with Crippen LogP contribution in [0.1, 0.15) is 42.8 Å². The Hall–Kier alpha value is -3.15. The SMILES string of the molecule is Cc1ccc(Cn2nc(CCCc3ccc(OC(C)(C)C=O)cc3)[nH]c2=O)cc1. The standard InChI is InChI=1S/C23H27N3O3/c1-17-7-9-19(10-8-17)15-26-22(28)24-21(25-26)6-4-5-18-11-13-20(14-12-18)29-23(2,3)16-27/h7-14,16H,4-6,15H2,1-3H3,(H,24,25,28). The third-order valence-electron chi connectivity index (χ3n) is 4.65. The van der Waals surface area contributed by atoms with Gasteiger partial charge in [-0.25, -0.2) is 9.48 Å². The van der Waals surface area contributed by atoms with Gasteiger partial charge >= 0.3 is 5.69 Å². The van der Waals surface area contributed by atoms with Gasteiger partial charge in [0.25, 0.3) is 0 Å². The second-order valence-corrected chi connectivity index (χ2v) is 7.84. The van der Waals surface area contributed by atoms with E-state index in [1.165, 1.54) is 15.8 Å². The van der Waals surface area contributed by atoms with Crippen LogP contribution in [-0.2, 0) is 24.2 Å². The van der Waals surface area contributed by atoms with Crippen LogP contribution in [0.25, 0.3) is 0 Å². The number of benzene rings is 2. The number of aromatic amines is 1. The van der Waals surface area contributed by atoms with E-state index in [-0.39, 0.29) is 5.69 Å². The fraction of sp³-hybridized carbons (Fsp3) is 0.348. The van der Waals surface area contributed by atoms with E-state index in [9.17, 15) is 9.59 Å².